The number of rotatable bonds is 5. The third-order valence-corrected chi connectivity index (χ3v) is 8.07. The van der Waals surface area contributed by atoms with E-state index in [9.17, 15) is 23.3 Å². The van der Waals surface area contributed by atoms with Crippen molar-refractivity contribution < 1.29 is 18.1 Å². The topological polar surface area (TPSA) is 110 Å². The van der Waals surface area contributed by atoms with Gasteiger partial charge in [0.15, 0.2) is 0 Å². The number of nitrogens with one attached hydrogen (secondary N) is 1. The van der Waals surface area contributed by atoms with Crippen LogP contribution in [0.15, 0.2) is 53.4 Å². The summed E-state index contributed by atoms with van der Waals surface area (Å²) in [5.74, 6) is -0.278. The van der Waals surface area contributed by atoms with Gasteiger partial charge in [-0.05, 0) is 49.3 Å². The van der Waals surface area contributed by atoms with E-state index >= 15 is 0 Å². The van der Waals surface area contributed by atoms with Crippen LogP contribution in [-0.2, 0) is 21.2 Å². The van der Waals surface area contributed by atoms with Crippen molar-refractivity contribution in [3.63, 3.8) is 0 Å². The summed E-state index contributed by atoms with van der Waals surface area (Å²) in [6.07, 6.45) is 3.81. The van der Waals surface area contributed by atoms with Crippen LogP contribution in [0.25, 0.3) is 0 Å². The Balaban J connectivity index is 1.39. The zero-order valence-electron chi connectivity index (χ0n) is 17.1. The number of non-ortho nitro benzene ring substituents is 1. The van der Waals surface area contributed by atoms with E-state index in [1.165, 1.54) is 33.6 Å². The van der Waals surface area contributed by atoms with Gasteiger partial charge >= 0.3 is 0 Å². The molecule has 0 saturated carbocycles. The summed E-state index contributed by atoms with van der Waals surface area (Å²) in [6, 6.07) is 13.2. The molecule has 9 heteroatoms. The van der Waals surface area contributed by atoms with E-state index in [1.807, 2.05) is 12.1 Å². The number of carbonyl (C=O) groups excluding carboxylic acids is 1. The number of nitro groups is 1. The highest BCUT2D eigenvalue weighted by Crippen LogP contribution is 2.31. The smallest absolute Gasteiger partial charge is 0.270 e. The normalized spacial score (nSPS) is 20.1. The Morgan fingerprint density at radius 1 is 1.06 bits per heavy atom. The first-order chi connectivity index (χ1) is 14.9. The molecular formula is C22H25N3O5S. The van der Waals surface area contributed by atoms with Gasteiger partial charge in [-0.15, -0.1) is 0 Å². The molecule has 8 nitrogen and oxygen atoms in total. The van der Waals surface area contributed by atoms with Gasteiger partial charge in [-0.25, -0.2) is 8.42 Å². The Kier molecular flexibility index (Phi) is 6.06. The van der Waals surface area contributed by atoms with Gasteiger partial charge in [-0.1, -0.05) is 30.3 Å². The molecule has 1 saturated heterocycles. The predicted octanol–water partition coefficient (Wildman–Crippen LogP) is 3.19. The van der Waals surface area contributed by atoms with Gasteiger partial charge in [0.05, 0.1) is 15.9 Å². The Bertz CT molecular complexity index is 1090. The lowest BCUT2D eigenvalue weighted by Crippen LogP contribution is -2.44. The fourth-order valence-electron chi connectivity index (χ4n) is 4.46. The number of aryl methyl sites for hydroxylation is 1. The summed E-state index contributed by atoms with van der Waals surface area (Å²) in [4.78, 5) is 23.1. The van der Waals surface area contributed by atoms with Gasteiger partial charge in [-0.2, -0.15) is 4.31 Å². The van der Waals surface area contributed by atoms with Crippen molar-refractivity contribution in [2.45, 2.75) is 43.0 Å². The van der Waals surface area contributed by atoms with E-state index < -0.39 is 14.9 Å². The lowest BCUT2D eigenvalue weighted by Gasteiger charge is -2.32. The van der Waals surface area contributed by atoms with E-state index in [1.54, 1.807) is 0 Å². The summed E-state index contributed by atoms with van der Waals surface area (Å²) in [5, 5.41) is 14.1. The van der Waals surface area contributed by atoms with E-state index in [4.69, 9.17) is 0 Å². The van der Waals surface area contributed by atoms with E-state index in [2.05, 4.69) is 17.4 Å². The molecular weight excluding hydrogens is 418 g/mol. The fourth-order valence-corrected chi connectivity index (χ4v) is 5.97. The third-order valence-electron chi connectivity index (χ3n) is 6.18. The number of sulfonamides is 1. The van der Waals surface area contributed by atoms with Crippen molar-refractivity contribution in [1.29, 1.82) is 0 Å². The maximum Gasteiger partial charge on any atom is 0.270 e. The van der Waals surface area contributed by atoms with Crippen molar-refractivity contribution in [2.75, 3.05) is 13.1 Å². The van der Waals surface area contributed by atoms with Crippen LogP contribution in [0.5, 0.6) is 0 Å². The molecule has 4 rings (SSSR count). The van der Waals surface area contributed by atoms with Gasteiger partial charge in [0.1, 0.15) is 0 Å². The molecule has 2 aromatic carbocycles. The summed E-state index contributed by atoms with van der Waals surface area (Å²) in [5.41, 5.74) is 2.19. The molecule has 31 heavy (non-hydrogen) atoms. The first-order valence-corrected chi connectivity index (χ1v) is 11.9. The van der Waals surface area contributed by atoms with Crippen molar-refractivity contribution in [2.24, 2.45) is 5.92 Å². The number of piperidine rings is 1. The fraction of sp³-hybridized carbons (Fsp3) is 0.409. The first kappa shape index (κ1) is 21.5. The molecule has 1 atom stereocenters. The minimum Gasteiger partial charge on any atom is -0.349 e. The van der Waals surface area contributed by atoms with Gasteiger partial charge in [-0.3, -0.25) is 14.9 Å². The van der Waals surface area contributed by atoms with Gasteiger partial charge < -0.3 is 5.32 Å². The maximum atomic E-state index is 12.9. The van der Waals surface area contributed by atoms with Gasteiger partial charge in [0.2, 0.25) is 15.9 Å². The lowest BCUT2D eigenvalue weighted by molar-refractivity contribution is -0.385. The molecule has 0 radical (unpaired) electrons. The maximum absolute atomic E-state index is 12.9. The second kappa shape index (κ2) is 8.76. The molecule has 0 bridgehead atoms. The largest absolute Gasteiger partial charge is 0.349 e. The number of nitrogens with zero attached hydrogens (tertiary/aromatic N) is 2. The van der Waals surface area contributed by atoms with Gasteiger partial charge in [0, 0.05) is 31.1 Å². The second-order valence-corrected chi connectivity index (χ2v) is 10.0. The summed E-state index contributed by atoms with van der Waals surface area (Å²) in [6.45, 7) is 0.425. The Labute approximate surface area is 181 Å². The molecule has 1 aliphatic heterocycles. The summed E-state index contributed by atoms with van der Waals surface area (Å²) >= 11 is 0. The number of hydrogen-bond donors (Lipinski definition) is 1. The number of hydrogen-bond acceptors (Lipinski definition) is 5. The van der Waals surface area contributed by atoms with E-state index in [0.717, 1.165) is 25.3 Å². The second-order valence-electron chi connectivity index (χ2n) is 8.09. The molecule has 0 spiro atoms. The number of benzene rings is 2. The zero-order chi connectivity index (χ0) is 22.0. The molecule has 2 aromatic rings. The molecule has 164 valence electrons. The molecule has 1 amide bonds. The quantitative estimate of drug-likeness (QED) is 0.564. The van der Waals surface area contributed by atoms with Gasteiger partial charge in [0.25, 0.3) is 5.69 Å². The van der Waals surface area contributed by atoms with Crippen LogP contribution in [0, 0.1) is 16.0 Å². The number of fused-ring (bicyclic) bond motifs is 1. The monoisotopic (exact) mass is 443 g/mol. The van der Waals surface area contributed by atoms with Crippen LogP contribution >= 0.6 is 0 Å². The minimum atomic E-state index is -3.84. The van der Waals surface area contributed by atoms with Crippen LogP contribution in [0.4, 0.5) is 5.69 Å². The lowest BCUT2D eigenvalue weighted by atomic mass is 9.87. The van der Waals surface area contributed by atoms with Crippen molar-refractivity contribution in [3.8, 4) is 0 Å². The minimum absolute atomic E-state index is 0.00378. The molecule has 0 aromatic heterocycles. The van der Waals surface area contributed by atoms with Crippen molar-refractivity contribution in [1.82, 2.24) is 9.62 Å². The van der Waals surface area contributed by atoms with Crippen LogP contribution in [0.3, 0.4) is 0 Å². The number of carbonyl (C=O) groups is 1. The van der Waals surface area contributed by atoms with Crippen molar-refractivity contribution >= 4 is 21.6 Å². The van der Waals surface area contributed by atoms with Crippen LogP contribution < -0.4 is 5.32 Å². The standard InChI is InChI=1S/C22H25N3O5S/c26-22(23-21-10-3-6-16-5-1-2-9-20(16)21)17-11-13-24(14-12-17)31(29,30)19-8-4-7-18(15-19)25(27)28/h1-2,4-5,7-9,15,17,21H,3,6,10-14H2,(H,23,26). The Morgan fingerprint density at radius 3 is 2.55 bits per heavy atom. The molecule has 1 aliphatic carbocycles. The highest BCUT2D eigenvalue weighted by atomic mass is 32.2. The average molecular weight is 444 g/mol. The number of amides is 1. The third kappa shape index (κ3) is 4.47. The van der Waals surface area contributed by atoms with Crippen molar-refractivity contribution in [3.05, 3.63) is 69.8 Å². The Hall–Kier alpha value is -2.78. The molecule has 1 fully saturated rings. The Morgan fingerprint density at radius 2 is 1.81 bits per heavy atom. The summed E-state index contributed by atoms with van der Waals surface area (Å²) < 4.78 is 27.1. The number of nitro benzene ring substituents is 1. The molecule has 1 unspecified atom stereocenters. The van der Waals surface area contributed by atoms with Crippen LogP contribution in [-0.4, -0.2) is 36.6 Å². The SMILES string of the molecule is O=C(NC1CCCc2ccccc21)C1CCN(S(=O)(=O)c2cccc([N+](=O)[O-])c2)CC1. The van der Waals surface area contributed by atoms with E-state index in [0.29, 0.717) is 12.8 Å². The average Bonchev–Trinajstić information content (AvgIpc) is 2.79. The predicted molar refractivity (Wildman–Crippen MR) is 115 cm³/mol. The first-order valence-electron chi connectivity index (χ1n) is 10.5. The molecule has 1 heterocycles. The zero-order valence-corrected chi connectivity index (χ0v) is 17.9. The molecule has 1 N–H and O–H groups in total. The van der Waals surface area contributed by atoms with Crippen LogP contribution in [0.2, 0.25) is 0 Å². The summed E-state index contributed by atoms with van der Waals surface area (Å²) in [7, 11) is -3.84. The van der Waals surface area contributed by atoms with Crippen LogP contribution in [0.1, 0.15) is 42.9 Å². The van der Waals surface area contributed by atoms with E-state index in [-0.39, 0.29) is 41.5 Å². The highest BCUT2D eigenvalue weighted by Gasteiger charge is 2.33. The molecule has 2 aliphatic rings. The highest BCUT2D eigenvalue weighted by molar-refractivity contribution is 7.89.